The largest absolute Gasteiger partial charge is 0.491 e. The van der Waals surface area contributed by atoms with Crippen molar-refractivity contribution < 1.29 is 24.8 Å². The van der Waals surface area contributed by atoms with Crippen LogP contribution in [0.3, 0.4) is 0 Å². The Kier molecular flexibility index (Phi) is 6.47. The summed E-state index contributed by atoms with van der Waals surface area (Å²) in [7, 11) is 0. The van der Waals surface area contributed by atoms with Gasteiger partial charge in [0.2, 0.25) is 0 Å². The summed E-state index contributed by atoms with van der Waals surface area (Å²) in [5.74, 6) is 2.00. The zero-order chi connectivity index (χ0) is 20.7. The SMILES string of the molecule is CC1CNC2=C(CCC(CC3CC([C@@H]4O[C@H](C)[C@@H](O)[C@H](O)[C@H]4O)CC=C3Cl)C2)O1. The lowest BCUT2D eigenvalue weighted by atomic mass is 9.74. The number of hydrogen-bond donors (Lipinski definition) is 4. The van der Waals surface area contributed by atoms with Crippen LogP contribution in [0.25, 0.3) is 0 Å². The van der Waals surface area contributed by atoms with Crippen LogP contribution in [0.2, 0.25) is 0 Å². The van der Waals surface area contributed by atoms with Crippen LogP contribution in [-0.4, -0.2) is 58.5 Å². The van der Waals surface area contributed by atoms with Gasteiger partial charge in [-0.15, -0.1) is 0 Å². The molecule has 0 aromatic heterocycles. The van der Waals surface area contributed by atoms with E-state index in [0.717, 1.165) is 55.9 Å². The minimum absolute atomic E-state index is 0.0810. The smallest absolute Gasteiger partial charge is 0.115 e. The molecule has 4 rings (SSSR count). The van der Waals surface area contributed by atoms with Gasteiger partial charge in [-0.05, 0) is 63.7 Å². The Bertz CT molecular complexity index is 668. The van der Waals surface area contributed by atoms with Crippen molar-refractivity contribution in [2.75, 3.05) is 6.54 Å². The van der Waals surface area contributed by atoms with Crippen molar-refractivity contribution in [2.45, 2.75) is 89.0 Å². The van der Waals surface area contributed by atoms with Gasteiger partial charge in [-0.1, -0.05) is 17.7 Å². The van der Waals surface area contributed by atoms with Crippen LogP contribution in [0.15, 0.2) is 22.6 Å². The third-order valence-electron chi connectivity index (χ3n) is 7.12. The molecule has 9 atom stereocenters. The normalized spacial score (nSPS) is 45.7. The van der Waals surface area contributed by atoms with Crippen molar-refractivity contribution >= 4 is 11.6 Å². The molecule has 6 nitrogen and oxygen atoms in total. The molecule has 29 heavy (non-hydrogen) atoms. The van der Waals surface area contributed by atoms with Crippen molar-refractivity contribution in [3.63, 3.8) is 0 Å². The lowest BCUT2D eigenvalue weighted by Gasteiger charge is -2.44. The van der Waals surface area contributed by atoms with Crippen LogP contribution in [0.1, 0.15) is 52.4 Å². The summed E-state index contributed by atoms with van der Waals surface area (Å²) in [6.07, 6.45) is 3.62. The second-order valence-electron chi connectivity index (χ2n) is 9.35. The van der Waals surface area contributed by atoms with Crippen LogP contribution < -0.4 is 5.32 Å². The second-order valence-corrected chi connectivity index (χ2v) is 9.79. The van der Waals surface area contributed by atoms with Gasteiger partial charge in [-0.2, -0.15) is 0 Å². The van der Waals surface area contributed by atoms with E-state index in [-0.39, 0.29) is 17.9 Å². The number of hydrogen-bond acceptors (Lipinski definition) is 6. The number of rotatable bonds is 3. The summed E-state index contributed by atoms with van der Waals surface area (Å²) in [5, 5.41) is 35.1. The highest BCUT2D eigenvalue weighted by molar-refractivity contribution is 6.29. The number of aliphatic hydroxyl groups is 3. The molecule has 2 aliphatic heterocycles. The first-order chi connectivity index (χ1) is 13.8. The quantitative estimate of drug-likeness (QED) is 0.553. The van der Waals surface area contributed by atoms with Gasteiger partial charge in [0.25, 0.3) is 0 Å². The van der Waals surface area contributed by atoms with Gasteiger partial charge < -0.3 is 30.1 Å². The molecule has 4 unspecified atom stereocenters. The minimum atomic E-state index is -1.17. The summed E-state index contributed by atoms with van der Waals surface area (Å²) in [4.78, 5) is 0. The lowest BCUT2D eigenvalue weighted by Crippen LogP contribution is -2.58. The van der Waals surface area contributed by atoms with E-state index in [0.29, 0.717) is 5.92 Å². The van der Waals surface area contributed by atoms with E-state index in [1.165, 1.54) is 5.70 Å². The maximum Gasteiger partial charge on any atom is 0.115 e. The standard InChI is InChI=1S/C22H34ClNO5/c1-11-10-24-17-8-13(3-6-18(17)28-11)7-15-9-14(4-5-16(15)23)22-21(27)20(26)19(25)12(2)29-22/h5,11-15,19-22,24-27H,3-4,6-10H2,1-2H3/t11?,12-,13?,14?,15?,19-,20+,21-,22+/m1/s1. The van der Waals surface area contributed by atoms with Gasteiger partial charge in [0, 0.05) is 17.2 Å². The molecule has 0 spiro atoms. The molecule has 1 fully saturated rings. The molecule has 2 heterocycles. The van der Waals surface area contributed by atoms with Crippen LogP contribution in [-0.2, 0) is 9.47 Å². The molecule has 4 N–H and O–H groups in total. The Balaban J connectivity index is 1.39. The average molecular weight is 428 g/mol. The van der Waals surface area contributed by atoms with Crippen molar-refractivity contribution in [1.29, 1.82) is 0 Å². The third kappa shape index (κ3) is 4.47. The van der Waals surface area contributed by atoms with E-state index in [9.17, 15) is 15.3 Å². The predicted molar refractivity (Wildman–Crippen MR) is 110 cm³/mol. The lowest BCUT2D eigenvalue weighted by molar-refractivity contribution is -0.231. The van der Waals surface area contributed by atoms with Gasteiger partial charge >= 0.3 is 0 Å². The Morgan fingerprint density at radius 2 is 1.97 bits per heavy atom. The first-order valence-electron chi connectivity index (χ1n) is 11.0. The second kappa shape index (κ2) is 8.75. The highest BCUT2D eigenvalue weighted by atomic mass is 35.5. The van der Waals surface area contributed by atoms with Crippen LogP contribution >= 0.6 is 11.6 Å². The molecule has 0 aromatic carbocycles. The molecule has 0 radical (unpaired) electrons. The number of allylic oxidation sites excluding steroid dienone is 4. The fraction of sp³-hybridized carbons (Fsp3) is 0.818. The van der Waals surface area contributed by atoms with Crippen LogP contribution in [0.4, 0.5) is 0 Å². The molecule has 7 heteroatoms. The summed E-state index contributed by atoms with van der Waals surface area (Å²) >= 11 is 6.60. The number of halogens is 1. The van der Waals surface area contributed by atoms with Crippen molar-refractivity contribution in [2.24, 2.45) is 17.8 Å². The number of nitrogens with one attached hydrogen (secondary N) is 1. The molecular formula is C22H34ClNO5. The van der Waals surface area contributed by atoms with Gasteiger partial charge in [0.15, 0.2) is 0 Å². The van der Waals surface area contributed by atoms with Gasteiger partial charge in [-0.25, -0.2) is 0 Å². The van der Waals surface area contributed by atoms with Gasteiger partial charge in [0.05, 0.1) is 18.8 Å². The Morgan fingerprint density at radius 1 is 1.17 bits per heavy atom. The van der Waals surface area contributed by atoms with Crippen molar-refractivity contribution in [1.82, 2.24) is 5.32 Å². The summed E-state index contributed by atoms with van der Waals surface area (Å²) in [6, 6.07) is 0. The Labute approximate surface area is 177 Å². The molecule has 4 aliphatic rings. The summed E-state index contributed by atoms with van der Waals surface area (Å²) < 4.78 is 11.9. The topological polar surface area (TPSA) is 91.2 Å². The first kappa shape index (κ1) is 21.4. The van der Waals surface area contributed by atoms with E-state index in [1.54, 1.807) is 6.92 Å². The molecule has 0 saturated carbocycles. The third-order valence-corrected chi connectivity index (χ3v) is 7.58. The van der Waals surface area contributed by atoms with E-state index in [2.05, 4.69) is 18.3 Å². The van der Waals surface area contributed by atoms with Crippen molar-refractivity contribution in [3.8, 4) is 0 Å². The highest BCUT2D eigenvalue weighted by Crippen LogP contribution is 2.43. The maximum atomic E-state index is 10.5. The molecule has 1 saturated heterocycles. The Hall–Kier alpha value is -0.790. The van der Waals surface area contributed by atoms with E-state index < -0.39 is 30.5 Å². The molecule has 2 aliphatic carbocycles. The molecule has 0 amide bonds. The Morgan fingerprint density at radius 3 is 2.76 bits per heavy atom. The molecule has 0 aromatic rings. The molecule has 0 bridgehead atoms. The van der Waals surface area contributed by atoms with Crippen molar-refractivity contribution in [3.05, 3.63) is 22.6 Å². The monoisotopic (exact) mass is 427 g/mol. The zero-order valence-corrected chi connectivity index (χ0v) is 18.0. The van der Waals surface area contributed by atoms with Gasteiger partial charge in [0.1, 0.15) is 30.2 Å². The molecular weight excluding hydrogens is 394 g/mol. The van der Waals surface area contributed by atoms with Crippen LogP contribution in [0, 0.1) is 17.8 Å². The molecule has 164 valence electrons. The zero-order valence-electron chi connectivity index (χ0n) is 17.3. The minimum Gasteiger partial charge on any atom is -0.491 e. The van der Waals surface area contributed by atoms with E-state index in [4.69, 9.17) is 21.1 Å². The van der Waals surface area contributed by atoms with Crippen LogP contribution in [0.5, 0.6) is 0 Å². The summed E-state index contributed by atoms with van der Waals surface area (Å²) in [5.41, 5.74) is 1.25. The fourth-order valence-corrected chi connectivity index (χ4v) is 5.67. The van der Waals surface area contributed by atoms with Gasteiger partial charge in [-0.3, -0.25) is 0 Å². The summed E-state index contributed by atoms with van der Waals surface area (Å²) in [6.45, 7) is 4.69. The average Bonchev–Trinajstić information content (AvgIpc) is 2.71. The van der Waals surface area contributed by atoms with E-state index >= 15 is 0 Å². The fourth-order valence-electron chi connectivity index (χ4n) is 5.40. The maximum absolute atomic E-state index is 10.5. The predicted octanol–water partition coefficient (Wildman–Crippen LogP) is 2.42. The first-order valence-corrected chi connectivity index (χ1v) is 11.4. The number of ether oxygens (including phenoxy) is 2. The van der Waals surface area contributed by atoms with E-state index in [1.807, 2.05) is 0 Å². The highest BCUT2D eigenvalue weighted by Gasteiger charge is 2.46. The number of aliphatic hydroxyl groups excluding tert-OH is 3.